The SMILES string of the molecule is O=C1[N]NC(c2ccncc2)=C1c1ccc(Cl)cc1. The van der Waals surface area contributed by atoms with Gasteiger partial charge in [0.25, 0.3) is 5.91 Å². The first kappa shape index (κ1) is 11.7. The molecule has 0 bridgehead atoms. The van der Waals surface area contributed by atoms with E-state index in [1.807, 2.05) is 12.1 Å². The topological polar surface area (TPSA) is 56.1 Å². The fourth-order valence-electron chi connectivity index (χ4n) is 1.94. The molecule has 3 rings (SSSR count). The summed E-state index contributed by atoms with van der Waals surface area (Å²) in [6, 6.07) is 10.8. The van der Waals surface area contributed by atoms with Crippen molar-refractivity contribution in [3.8, 4) is 0 Å². The van der Waals surface area contributed by atoms with Gasteiger partial charge >= 0.3 is 0 Å². The van der Waals surface area contributed by atoms with Crippen molar-refractivity contribution in [3.05, 3.63) is 64.9 Å². The lowest BCUT2D eigenvalue weighted by molar-refractivity contribution is -0.115. The quantitative estimate of drug-likeness (QED) is 0.911. The van der Waals surface area contributed by atoms with Gasteiger partial charge in [-0.1, -0.05) is 23.7 Å². The number of aromatic nitrogens is 1. The van der Waals surface area contributed by atoms with E-state index >= 15 is 0 Å². The molecular formula is C14H9ClN3O. The molecule has 1 aliphatic heterocycles. The van der Waals surface area contributed by atoms with E-state index in [4.69, 9.17) is 11.6 Å². The number of pyridine rings is 1. The Bertz CT molecular complexity index is 650. The highest BCUT2D eigenvalue weighted by atomic mass is 35.5. The maximum Gasteiger partial charge on any atom is 0.296 e. The molecule has 19 heavy (non-hydrogen) atoms. The minimum atomic E-state index is -0.283. The number of nitrogens with one attached hydrogen (secondary N) is 1. The minimum Gasteiger partial charge on any atom is -0.273 e. The van der Waals surface area contributed by atoms with E-state index < -0.39 is 0 Å². The predicted molar refractivity (Wildman–Crippen MR) is 72.8 cm³/mol. The maximum absolute atomic E-state index is 11.9. The molecule has 0 fully saturated rings. The summed E-state index contributed by atoms with van der Waals surface area (Å²) in [4.78, 5) is 15.9. The van der Waals surface area contributed by atoms with E-state index in [9.17, 15) is 4.79 Å². The van der Waals surface area contributed by atoms with Crippen LogP contribution in [-0.2, 0) is 4.79 Å². The molecule has 0 aliphatic carbocycles. The number of rotatable bonds is 2. The van der Waals surface area contributed by atoms with E-state index in [-0.39, 0.29) is 5.91 Å². The van der Waals surface area contributed by atoms with E-state index in [2.05, 4.69) is 15.8 Å². The summed E-state index contributed by atoms with van der Waals surface area (Å²) in [5.41, 5.74) is 9.43. The van der Waals surface area contributed by atoms with Gasteiger partial charge in [-0.3, -0.25) is 15.2 Å². The number of hydrogen-bond acceptors (Lipinski definition) is 3. The van der Waals surface area contributed by atoms with Gasteiger partial charge in [-0.05, 0) is 29.8 Å². The van der Waals surface area contributed by atoms with Crippen LogP contribution in [0.5, 0.6) is 0 Å². The van der Waals surface area contributed by atoms with E-state index in [1.165, 1.54) is 0 Å². The largest absolute Gasteiger partial charge is 0.296 e. The average Bonchev–Trinajstić information content (AvgIpc) is 2.83. The number of carbonyl (C=O) groups excluding carboxylic acids is 1. The fourth-order valence-corrected chi connectivity index (χ4v) is 2.06. The molecule has 0 saturated heterocycles. The van der Waals surface area contributed by atoms with Crippen LogP contribution in [-0.4, -0.2) is 10.9 Å². The van der Waals surface area contributed by atoms with Crippen molar-refractivity contribution in [1.29, 1.82) is 0 Å². The molecule has 4 nitrogen and oxygen atoms in total. The average molecular weight is 271 g/mol. The van der Waals surface area contributed by atoms with Crippen LogP contribution in [0.1, 0.15) is 11.1 Å². The van der Waals surface area contributed by atoms with E-state index in [1.54, 1.807) is 36.7 Å². The fraction of sp³-hybridized carbons (Fsp3) is 0. The van der Waals surface area contributed by atoms with Gasteiger partial charge in [0.2, 0.25) is 0 Å². The molecule has 2 heterocycles. The Hall–Kier alpha value is -2.33. The Morgan fingerprint density at radius 1 is 0.947 bits per heavy atom. The summed E-state index contributed by atoms with van der Waals surface area (Å²) in [7, 11) is 0. The standard InChI is InChI=1S/C14H9ClN3O/c15-11-3-1-9(2-4-11)12-13(17-18-14(12)19)10-5-7-16-8-6-10/h1-8,17H. The summed E-state index contributed by atoms with van der Waals surface area (Å²) in [6.45, 7) is 0. The van der Waals surface area contributed by atoms with Gasteiger partial charge < -0.3 is 0 Å². The van der Waals surface area contributed by atoms with Crippen molar-refractivity contribution in [1.82, 2.24) is 15.8 Å². The highest BCUT2D eigenvalue weighted by Gasteiger charge is 2.26. The Morgan fingerprint density at radius 2 is 1.63 bits per heavy atom. The third-order valence-corrected chi connectivity index (χ3v) is 3.09. The number of benzene rings is 1. The summed E-state index contributed by atoms with van der Waals surface area (Å²) in [5.74, 6) is -0.283. The molecule has 1 aromatic heterocycles. The second-order valence-corrected chi connectivity index (χ2v) is 4.46. The van der Waals surface area contributed by atoms with Crippen molar-refractivity contribution in [2.75, 3.05) is 0 Å². The van der Waals surface area contributed by atoms with Crippen LogP contribution in [0.3, 0.4) is 0 Å². The Labute approximate surface area is 115 Å². The molecule has 1 N–H and O–H groups in total. The van der Waals surface area contributed by atoms with Gasteiger partial charge in [-0.2, -0.15) is 0 Å². The molecule has 5 heteroatoms. The van der Waals surface area contributed by atoms with Crippen LogP contribution in [0.15, 0.2) is 48.8 Å². The number of hydrogen-bond donors (Lipinski definition) is 1. The summed E-state index contributed by atoms with van der Waals surface area (Å²) >= 11 is 5.86. The van der Waals surface area contributed by atoms with Crippen LogP contribution < -0.4 is 10.9 Å². The van der Waals surface area contributed by atoms with Gasteiger partial charge in [0.1, 0.15) is 0 Å². The van der Waals surface area contributed by atoms with Crippen molar-refractivity contribution < 1.29 is 4.79 Å². The minimum absolute atomic E-state index is 0.283. The predicted octanol–water partition coefficient (Wildman–Crippen LogP) is 2.25. The van der Waals surface area contributed by atoms with Crippen LogP contribution in [0.25, 0.3) is 11.3 Å². The lowest BCUT2D eigenvalue weighted by Gasteiger charge is -2.05. The summed E-state index contributed by atoms with van der Waals surface area (Å²) < 4.78 is 0. The van der Waals surface area contributed by atoms with Crippen LogP contribution in [0, 0.1) is 0 Å². The molecule has 1 amide bonds. The van der Waals surface area contributed by atoms with Gasteiger partial charge in [0.05, 0.1) is 11.3 Å². The van der Waals surface area contributed by atoms with Crippen LogP contribution >= 0.6 is 11.6 Å². The van der Waals surface area contributed by atoms with Gasteiger partial charge in [0.15, 0.2) is 0 Å². The maximum atomic E-state index is 11.9. The monoisotopic (exact) mass is 270 g/mol. The molecule has 93 valence electrons. The zero-order chi connectivity index (χ0) is 13.2. The molecular weight excluding hydrogens is 262 g/mol. The lowest BCUT2D eigenvalue weighted by Crippen LogP contribution is -2.19. The Balaban J connectivity index is 2.14. The molecule has 0 saturated carbocycles. The van der Waals surface area contributed by atoms with E-state index in [0.29, 0.717) is 16.3 Å². The smallest absolute Gasteiger partial charge is 0.273 e. The lowest BCUT2D eigenvalue weighted by atomic mass is 10.0. The van der Waals surface area contributed by atoms with E-state index in [0.717, 1.165) is 11.1 Å². The first-order valence-corrected chi connectivity index (χ1v) is 6.05. The Morgan fingerprint density at radius 3 is 2.32 bits per heavy atom. The number of halogens is 1. The van der Waals surface area contributed by atoms with Crippen molar-refractivity contribution >= 4 is 28.8 Å². The summed E-state index contributed by atoms with van der Waals surface area (Å²) in [6.07, 6.45) is 3.35. The summed E-state index contributed by atoms with van der Waals surface area (Å²) in [5, 5.41) is 0.630. The number of amides is 1. The van der Waals surface area contributed by atoms with Crippen molar-refractivity contribution in [3.63, 3.8) is 0 Å². The van der Waals surface area contributed by atoms with Crippen molar-refractivity contribution in [2.24, 2.45) is 0 Å². The molecule has 0 unspecified atom stereocenters. The van der Waals surface area contributed by atoms with Gasteiger partial charge in [0, 0.05) is 23.0 Å². The second kappa shape index (κ2) is 4.74. The van der Waals surface area contributed by atoms with Crippen molar-refractivity contribution in [2.45, 2.75) is 0 Å². The number of carbonyl (C=O) groups is 1. The Kier molecular flexibility index (Phi) is 2.93. The van der Waals surface area contributed by atoms with Gasteiger partial charge in [-0.25, -0.2) is 0 Å². The molecule has 2 aromatic rings. The van der Waals surface area contributed by atoms with Gasteiger partial charge in [-0.15, -0.1) is 5.43 Å². The molecule has 0 spiro atoms. The second-order valence-electron chi connectivity index (χ2n) is 4.02. The van der Waals surface area contributed by atoms with Crippen LogP contribution in [0.4, 0.5) is 0 Å². The van der Waals surface area contributed by atoms with Crippen LogP contribution in [0.2, 0.25) is 5.02 Å². The normalized spacial score (nSPS) is 14.3. The molecule has 1 radical (unpaired) electrons. The molecule has 1 aromatic carbocycles. The highest BCUT2D eigenvalue weighted by molar-refractivity contribution is 6.31. The third-order valence-electron chi connectivity index (χ3n) is 2.84. The third kappa shape index (κ3) is 2.18. The molecule has 0 atom stereocenters. The highest BCUT2D eigenvalue weighted by Crippen LogP contribution is 2.28. The zero-order valence-electron chi connectivity index (χ0n) is 9.80. The molecule has 1 aliphatic rings. The number of nitrogens with zero attached hydrogens (tertiary/aromatic N) is 2. The first-order chi connectivity index (χ1) is 9.25. The first-order valence-electron chi connectivity index (χ1n) is 5.67. The zero-order valence-corrected chi connectivity index (χ0v) is 10.6.